The van der Waals surface area contributed by atoms with E-state index in [2.05, 4.69) is 19.8 Å². The van der Waals surface area contributed by atoms with Crippen molar-refractivity contribution >= 4 is 47.2 Å². The van der Waals surface area contributed by atoms with Crippen molar-refractivity contribution in [2.75, 3.05) is 19.8 Å². The fourth-order valence-electron chi connectivity index (χ4n) is 2.73. The number of halogens is 6. The summed E-state index contributed by atoms with van der Waals surface area (Å²) in [6.45, 7) is 11.0. The molecule has 1 aromatic rings. The topological polar surface area (TPSA) is 188 Å². The van der Waals surface area contributed by atoms with E-state index < -0.39 is 82.5 Å². The van der Waals surface area contributed by atoms with E-state index in [1.807, 2.05) is 5.32 Å². The second-order valence-corrected chi connectivity index (χ2v) is 11.9. The number of Topliss-reactive ketones (excluding diaryl/α,β-unsaturated/α-hetero) is 1. The number of thiazole rings is 1. The quantitative estimate of drug-likeness (QED) is 0.138. The van der Waals surface area contributed by atoms with Gasteiger partial charge in [-0.3, -0.25) is 9.59 Å². The zero-order valence-corrected chi connectivity index (χ0v) is 27.4. The molecule has 0 radical (unpaired) electrons. The van der Waals surface area contributed by atoms with Crippen molar-refractivity contribution in [1.82, 2.24) is 20.9 Å². The van der Waals surface area contributed by atoms with Crippen LogP contribution in [0, 0.1) is 0 Å². The van der Waals surface area contributed by atoms with Crippen LogP contribution in [0.25, 0.3) is 0 Å². The standard InChI is InChI=1S/C13H19F3N2O6.C13H17F3N2O4S/c1-5-23-10(21)8(9(20)13(14,15)16)18-7(19)6-17-11(22)24-12(2,3)4;1-5-21-10(19)8-9(13(14,15)16)23-7(18-8)6-17-11(20)22-12(2,3)4/h8H,5-6H2,1-4H3,(H,17,22)(H,18,19);5-6H2,1-4H3,(H,17,20). The SMILES string of the molecule is CCOC(=O)C(NC(=O)CNC(=O)OC(C)(C)C)C(=O)C(F)(F)F.CCOC(=O)c1nc(CNC(=O)OC(C)(C)C)sc1C(F)(F)F. The highest BCUT2D eigenvalue weighted by molar-refractivity contribution is 7.12. The molecule has 268 valence electrons. The molecule has 14 nitrogen and oxygen atoms in total. The van der Waals surface area contributed by atoms with Crippen LogP contribution in [0.4, 0.5) is 35.9 Å². The Kier molecular flexibility index (Phi) is 16.1. The third-order valence-electron chi connectivity index (χ3n) is 4.34. The average Bonchev–Trinajstić information content (AvgIpc) is 3.33. The fraction of sp³-hybridized carbons (Fsp3) is 0.654. The van der Waals surface area contributed by atoms with Gasteiger partial charge in [0.05, 0.1) is 19.8 Å². The normalized spacial score (nSPS) is 12.4. The largest absolute Gasteiger partial charge is 0.464 e. The minimum absolute atomic E-state index is 0.0703. The minimum atomic E-state index is -5.34. The number of ether oxygens (including phenoxy) is 4. The zero-order chi connectivity index (χ0) is 37.0. The van der Waals surface area contributed by atoms with E-state index in [1.165, 1.54) is 13.8 Å². The van der Waals surface area contributed by atoms with E-state index in [9.17, 15) is 55.1 Å². The highest BCUT2D eigenvalue weighted by atomic mass is 32.1. The number of nitrogens with one attached hydrogen (secondary N) is 3. The Bertz CT molecular complexity index is 1270. The van der Waals surface area contributed by atoms with Crippen LogP contribution >= 0.6 is 11.3 Å². The monoisotopic (exact) mass is 710 g/mol. The molecule has 1 heterocycles. The van der Waals surface area contributed by atoms with Gasteiger partial charge in [-0.05, 0) is 55.4 Å². The lowest BCUT2D eigenvalue weighted by atomic mass is 10.1. The summed E-state index contributed by atoms with van der Waals surface area (Å²) in [5, 5.41) is 5.76. The molecular formula is C26H36F6N4O10S. The molecule has 1 atom stereocenters. The van der Waals surface area contributed by atoms with Gasteiger partial charge in [-0.15, -0.1) is 11.3 Å². The third kappa shape index (κ3) is 17.4. The number of esters is 2. The van der Waals surface area contributed by atoms with Crippen molar-refractivity contribution in [1.29, 1.82) is 0 Å². The Labute approximate surface area is 269 Å². The molecule has 47 heavy (non-hydrogen) atoms. The predicted octanol–water partition coefficient (Wildman–Crippen LogP) is 4.05. The number of amides is 3. The summed E-state index contributed by atoms with van der Waals surface area (Å²) in [5.74, 6) is -6.38. The number of nitrogens with zero attached hydrogens (tertiary/aromatic N) is 1. The summed E-state index contributed by atoms with van der Waals surface area (Å²) in [7, 11) is 0. The first-order valence-electron chi connectivity index (χ1n) is 13.5. The van der Waals surface area contributed by atoms with Crippen LogP contribution in [-0.2, 0) is 46.1 Å². The van der Waals surface area contributed by atoms with Gasteiger partial charge in [0.25, 0.3) is 5.78 Å². The lowest BCUT2D eigenvalue weighted by Crippen LogP contribution is -2.54. The first-order chi connectivity index (χ1) is 21.2. The molecule has 1 aromatic heterocycles. The molecule has 21 heteroatoms. The molecule has 0 spiro atoms. The molecule has 0 fully saturated rings. The summed E-state index contributed by atoms with van der Waals surface area (Å²) >= 11 is 0.273. The lowest BCUT2D eigenvalue weighted by molar-refractivity contribution is -0.178. The Balaban J connectivity index is 0.000000901. The molecule has 1 rings (SSSR count). The smallest absolute Gasteiger partial charge is 0.452 e. The molecule has 0 aliphatic rings. The Hall–Kier alpha value is -4.17. The van der Waals surface area contributed by atoms with E-state index in [1.54, 1.807) is 46.9 Å². The lowest BCUT2D eigenvalue weighted by Gasteiger charge is -2.20. The van der Waals surface area contributed by atoms with Crippen LogP contribution in [-0.4, -0.2) is 84.0 Å². The average molecular weight is 711 g/mol. The summed E-state index contributed by atoms with van der Waals surface area (Å²) < 4.78 is 94.8. The van der Waals surface area contributed by atoms with Crippen molar-refractivity contribution in [3.05, 3.63) is 15.6 Å². The summed E-state index contributed by atoms with van der Waals surface area (Å²) in [6.07, 6.45) is -11.9. The van der Waals surface area contributed by atoms with Gasteiger partial charge < -0.3 is 34.9 Å². The van der Waals surface area contributed by atoms with E-state index in [0.29, 0.717) is 0 Å². The van der Waals surface area contributed by atoms with Gasteiger partial charge in [0, 0.05) is 0 Å². The van der Waals surface area contributed by atoms with Crippen LogP contribution in [0.15, 0.2) is 0 Å². The number of carbonyl (C=O) groups is 6. The molecule has 0 aromatic carbocycles. The molecule has 1 unspecified atom stereocenters. The first kappa shape index (κ1) is 42.8. The number of alkyl carbamates (subject to hydrolysis) is 2. The highest BCUT2D eigenvalue weighted by Crippen LogP contribution is 2.36. The second-order valence-electron chi connectivity index (χ2n) is 10.8. The van der Waals surface area contributed by atoms with E-state index in [-0.39, 0.29) is 36.1 Å². The molecule has 0 aliphatic heterocycles. The van der Waals surface area contributed by atoms with Crippen molar-refractivity contribution in [2.24, 2.45) is 0 Å². The van der Waals surface area contributed by atoms with Gasteiger partial charge in [-0.2, -0.15) is 26.3 Å². The fourth-order valence-corrected chi connectivity index (χ4v) is 3.59. The summed E-state index contributed by atoms with van der Waals surface area (Å²) in [4.78, 5) is 71.0. The Morgan fingerprint density at radius 3 is 1.70 bits per heavy atom. The number of ketones is 1. The predicted molar refractivity (Wildman–Crippen MR) is 150 cm³/mol. The Morgan fingerprint density at radius 1 is 0.787 bits per heavy atom. The van der Waals surface area contributed by atoms with Crippen LogP contribution in [0.2, 0.25) is 0 Å². The molecular weight excluding hydrogens is 674 g/mol. The molecule has 0 saturated heterocycles. The second kappa shape index (κ2) is 17.7. The van der Waals surface area contributed by atoms with E-state index in [0.717, 1.165) is 0 Å². The van der Waals surface area contributed by atoms with Crippen molar-refractivity contribution in [3.8, 4) is 0 Å². The zero-order valence-electron chi connectivity index (χ0n) is 26.6. The van der Waals surface area contributed by atoms with Gasteiger partial charge in [-0.1, -0.05) is 0 Å². The minimum Gasteiger partial charge on any atom is -0.464 e. The maximum Gasteiger partial charge on any atom is 0.452 e. The van der Waals surface area contributed by atoms with Gasteiger partial charge >= 0.3 is 36.5 Å². The van der Waals surface area contributed by atoms with Crippen molar-refractivity contribution in [3.63, 3.8) is 0 Å². The van der Waals surface area contributed by atoms with Gasteiger partial charge in [0.1, 0.15) is 27.6 Å². The number of rotatable bonds is 10. The van der Waals surface area contributed by atoms with Crippen molar-refractivity contribution in [2.45, 2.75) is 91.5 Å². The maximum absolute atomic E-state index is 12.9. The first-order valence-corrected chi connectivity index (χ1v) is 14.3. The molecule has 3 N–H and O–H groups in total. The van der Waals surface area contributed by atoms with Gasteiger partial charge in [0.2, 0.25) is 5.91 Å². The van der Waals surface area contributed by atoms with Crippen LogP contribution in [0.5, 0.6) is 0 Å². The molecule has 0 saturated carbocycles. The molecule has 0 aliphatic carbocycles. The number of hydrogen-bond acceptors (Lipinski definition) is 12. The van der Waals surface area contributed by atoms with E-state index in [4.69, 9.17) is 9.47 Å². The number of hydrogen-bond donors (Lipinski definition) is 3. The highest BCUT2D eigenvalue weighted by Gasteiger charge is 2.48. The van der Waals surface area contributed by atoms with Crippen LogP contribution in [0.1, 0.15) is 75.8 Å². The maximum atomic E-state index is 12.9. The molecule has 3 amide bonds. The van der Waals surface area contributed by atoms with Crippen molar-refractivity contribution < 1.29 is 74.1 Å². The van der Waals surface area contributed by atoms with Gasteiger partial charge in [-0.25, -0.2) is 24.2 Å². The third-order valence-corrected chi connectivity index (χ3v) is 5.44. The number of alkyl halides is 6. The summed E-state index contributed by atoms with van der Waals surface area (Å²) in [6, 6.07) is -2.54. The number of carbonyl (C=O) groups excluding carboxylic acids is 6. The van der Waals surface area contributed by atoms with Gasteiger partial charge in [0.15, 0.2) is 11.7 Å². The van der Waals surface area contributed by atoms with Crippen LogP contribution < -0.4 is 16.0 Å². The molecule has 0 bridgehead atoms. The van der Waals surface area contributed by atoms with Crippen LogP contribution in [0.3, 0.4) is 0 Å². The summed E-state index contributed by atoms with van der Waals surface area (Å²) in [5.41, 5.74) is -2.38. The van der Waals surface area contributed by atoms with E-state index >= 15 is 0 Å². The number of aromatic nitrogens is 1. The Morgan fingerprint density at radius 2 is 1.28 bits per heavy atom.